The van der Waals surface area contributed by atoms with Crippen LogP contribution in [-0.4, -0.2) is 58.1 Å². The number of rotatable bonds is 4. The summed E-state index contributed by atoms with van der Waals surface area (Å²) in [5.41, 5.74) is 0.871. The number of aliphatic hydroxyl groups is 1. The van der Waals surface area contributed by atoms with Gasteiger partial charge in [0.05, 0.1) is 18.3 Å². The third-order valence-electron chi connectivity index (χ3n) is 3.81. The van der Waals surface area contributed by atoms with Gasteiger partial charge in [0.25, 0.3) is 0 Å². The molecule has 0 radical (unpaired) electrons. The highest BCUT2D eigenvalue weighted by Crippen LogP contribution is 2.26. The Morgan fingerprint density at radius 2 is 2.35 bits per heavy atom. The van der Waals surface area contributed by atoms with E-state index in [2.05, 4.69) is 5.10 Å². The second-order valence-corrected chi connectivity index (χ2v) is 5.14. The minimum atomic E-state index is -0.624. The summed E-state index contributed by atoms with van der Waals surface area (Å²) in [6.07, 6.45) is 7.46. The topological polar surface area (TPSA) is 67.6 Å². The Kier molecular flexibility index (Phi) is 4.57. The lowest BCUT2D eigenvalue weighted by Crippen LogP contribution is -2.44. The Hall–Kier alpha value is -1.66. The molecular weight excluding hydrogens is 258 g/mol. The Labute approximate surface area is 118 Å². The number of aryl methyl sites for hydroxylation is 1. The van der Waals surface area contributed by atoms with Gasteiger partial charge in [0.1, 0.15) is 6.10 Å². The molecule has 0 spiro atoms. The Balaban J connectivity index is 1.97. The number of methoxy groups -OCH3 is 1. The van der Waals surface area contributed by atoms with Crippen LogP contribution in [0, 0.1) is 0 Å². The number of nitrogens with zero attached hydrogens (tertiary/aromatic N) is 3. The molecule has 110 valence electrons. The van der Waals surface area contributed by atoms with Crippen molar-refractivity contribution in [1.29, 1.82) is 0 Å². The van der Waals surface area contributed by atoms with Crippen LogP contribution in [0.25, 0.3) is 6.08 Å². The third-order valence-corrected chi connectivity index (χ3v) is 3.81. The van der Waals surface area contributed by atoms with Crippen molar-refractivity contribution < 1.29 is 14.6 Å². The SMILES string of the molecule is CO[C@@H]1CC[C@@H](N(C)C(=O)/C=C/c2cnn(C)c2)[C@H]1O. The van der Waals surface area contributed by atoms with Crippen LogP contribution in [0.2, 0.25) is 0 Å². The maximum Gasteiger partial charge on any atom is 0.246 e. The van der Waals surface area contributed by atoms with E-state index in [1.54, 1.807) is 36.0 Å². The molecule has 0 unspecified atom stereocenters. The highest BCUT2D eigenvalue weighted by Gasteiger charge is 2.38. The van der Waals surface area contributed by atoms with Crippen LogP contribution in [0.5, 0.6) is 0 Å². The van der Waals surface area contributed by atoms with Crippen molar-refractivity contribution in [2.24, 2.45) is 7.05 Å². The van der Waals surface area contributed by atoms with Crippen molar-refractivity contribution >= 4 is 12.0 Å². The number of hydrogen-bond acceptors (Lipinski definition) is 4. The van der Waals surface area contributed by atoms with E-state index in [4.69, 9.17) is 4.74 Å². The summed E-state index contributed by atoms with van der Waals surface area (Å²) in [7, 11) is 5.12. The van der Waals surface area contributed by atoms with Gasteiger partial charge >= 0.3 is 0 Å². The van der Waals surface area contributed by atoms with Gasteiger partial charge < -0.3 is 14.7 Å². The lowest BCUT2D eigenvalue weighted by atomic mass is 10.1. The van der Waals surface area contributed by atoms with E-state index in [1.807, 2.05) is 13.2 Å². The fourth-order valence-corrected chi connectivity index (χ4v) is 2.58. The molecule has 6 nitrogen and oxygen atoms in total. The first-order valence-corrected chi connectivity index (χ1v) is 6.67. The van der Waals surface area contributed by atoms with Gasteiger partial charge in [-0.1, -0.05) is 0 Å². The fraction of sp³-hybridized carbons (Fsp3) is 0.571. The molecule has 0 aromatic carbocycles. The van der Waals surface area contributed by atoms with Gasteiger partial charge in [-0.3, -0.25) is 9.48 Å². The fourth-order valence-electron chi connectivity index (χ4n) is 2.58. The number of aromatic nitrogens is 2. The lowest BCUT2D eigenvalue weighted by Gasteiger charge is -2.27. The van der Waals surface area contributed by atoms with Crippen LogP contribution in [0.3, 0.4) is 0 Å². The predicted octanol–water partition coefficient (Wildman–Crippen LogP) is 0.430. The van der Waals surface area contributed by atoms with E-state index in [-0.39, 0.29) is 18.1 Å². The molecular formula is C14H21N3O3. The molecule has 1 aliphatic carbocycles. The first-order chi connectivity index (χ1) is 9.52. The molecule has 1 aliphatic rings. The van der Waals surface area contributed by atoms with Crippen molar-refractivity contribution in [3.63, 3.8) is 0 Å². The molecule has 1 heterocycles. The van der Waals surface area contributed by atoms with Crippen LogP contribution < -0.4 is 0 Å². The summed E-state index contributed by atoms with van der Waals surface area (Å²) < 4.78 is 6.88. The monoisotopic (exact) mass is 279 g/mol. The Bertz CT molecular complexity index is 498. The smallest absolute Gasteiger partial charge is 0.246 e. The predicted molar refractivity (Wildman–Crippen MR) is 74.8 cm³/mol. The van der Waals surface area contributed by atoms with E-state index in [0.717, 1.165) is 18.4 Å². The molecule has 6 heteroatoms. The quantitative estimate of drug-likeness (QED) is 0.812. The molecule has 1 aromatic rings. The molecule has 1 fully saturated rings. The molecule has 2 rings (SSSR count). The zero-order valence-electron chi connectivity index (χ0n) is 12.1. The van der Waals surface area contributed by atoms with Crippen LogP contribution in [0.15, 0.2) is 18.5 Å². The number of hydrogen-bond donors (Lipinski definition) is 1. The number of aliphatic hydroxyl groups excluding tert-OH is 1. The molecule has 3 atom stereocenters. The van der Waals surface area contributed by atoms with E-state index in [1.165, 1.54) is 6.08 Å². The molecule has 1 saturated carbocycles. The van der Waals surface area contributed by atoms with Gasteiger partial charge in [0.2, 0.25) is 5.91 Å². The average Bonchev–Trinajstić information content (AvgIpc) is 3.01. The zero-order valence-corrected chi connectivity index (χ0v) is 12.1. The van der Waals surface area contributed by atoms with E-state index < -0.39 is 6.10 Å². The maximum atomic E-state index is 12.1. The van der Waals surface area contributed by atoms with Crippen LogP contribution >= 0.6 is 0 Å². The lowest BCUT2D eigenvalue weighted by molar-refractivity contribution is -0.129. The highest BCUT2D eigenvalue weighted by atomic mass is 16.5. The van der Waals surface area contributed by atoms with Gasteiger partial charge in [-0.2, -0.15) is 5.10 Å². The van der Waals surface area contributed by atoms with Gasteiger partial charge in [0.15, 0.2) is 0 Å². The minimum absolute atomic E-state index is 0.130. The molecule has 0 bridgehead atoms. The van der Waals surface area contributed by atoms with E-state index in [0.29, 0.717) is 0 Å². The Morgan fingerprint density at radius 1 is 1.60 bits per heavy atom. The number of carbonyl (C=O) groups is 1. The van der Waals surface area contributed by atoms with E-state index >= 15 is 0 Å². The minimum Gasteiger partial charge on any atom is -0.388 e. The van der Waals surface area contributed by atoms with Crippen LogP contribution in [0.4, 0.5) is 0 Å². The van der Waals surface area contributed by atoms with Gasteiger partial charge in [-0.25, -0.2) is 0 Å². The molecule has 1 amide bonds. The number of likely N-dealkylation sites (N-methyl/N-ethyl adjacent to an activating group) is 1. The zero-order chi connectivity index (χ0) is 14.7. The molecule has 1 aromatic heterocycles. The second-order valence-electron chi connectivity index (χ2n) is 5.14. The first kappa shape index (κ1) is 14.7. The summed E-state index contributed by atoms with van der Waals surface area (Å²) >= 11 is 0. The van der Waals surface area contributed by atoms with Gasteiger partial charge in [-0.15, -0.1) is 0 Å². The second kappa shape index (κ2) is 6.19. The Morgan fingerprint density at radius 3 is 2.90 bits per heavy atom. The van der Waals surface area contributed by atoms with Crippen LogP contribution in [0.1, 0.15) is 18.4 Å². The highest BCUT2D eigenvalue weighted by molar-refractivity contribution is 5.91. The molecule has 20 heavy (non-hydrogen) atoms. The average molecular weight is 279 g/mol. The molecule has 0 aliphatic heterocycles. The largest absolute Gasteiger partial charge is 0.388 e. The molecule has 0 saturated heterocycles. The van der Waals surface area contributed by atoms with Gasteiger partial charge in [-0.05, 0) is 18.9 Å². The van der Waals surface area contributed by atoms with Crippen molar-refractivity contribution in [1.82, 2.24) is 14.7 Å². The molecule has 1 N–H and O–H groups in total. The van der Waals surface area contributed by atoms with Crippen molar-refractivity contribution in [3.05, 3.63) is 24.0 Å². The number of amides is 1. The van der Waals surface area contributed by atoms with Crippen molar-refractivity contribution in [2.75, 3.05) is 14.2 Å². The standard InChI is InChI=1S/C14H21N3O3/c1-16-9-10(8-15-16)4-7-13(18)17(2)11-5-6-12(20-3)14(11)19/h4,7-9,11-12,14,19H,5-6H2,1-3H3/b7-4+/t11-,12-,14-/m1/s1. The summed E-state index contributed by atoms with van der Waals surface area (Å²) in [4.78, 5) is 13.7. The normalized spacial score (nSPS) is 26.3. The summed E-state index contributed by atoms with van der Waals surface area (Å²) in [5, 5.41) is 14.1. The van der Waals surface area contributed by atoms with Crippen molar-refractivity contribution in [3.8, 4) is 0 Å². The van der Waals surface area contributed by atoms with Crippen LogP contribution in [-0.2, 0) is 16.6 Å². The number of ether oxygens (including phenoxy) is 1. The van der Waals surface area contributed by atoms with E-state index in [9.17, 15) is 9.90 Å². The summed E-state index contributed by atoms with van der Waals surface area (Å²) in [6.45, 7) is 0. The first-order valence-electron chi connectivity index (χ1n) is 6.67. The third kappa shape index (κ3) is 3.08. The number of carbonyl (C=O) groups excluding carboxylic acids is 1. The van der Waals surface area contributed by atoms with Crippen molar-refractivity contribution in [2.45, 2.75) is 31.1 Å². The summed E-state index contributed by atoms with van der Waals surface area (Å²) in [6, 6.07) is -0.189. The summed E-state index contributed by atoms with van der Waals surface area (Å²) in [5.74, 6) is -0.130. The maximum absolute atomic E-state index is 12.1. The van der Waals surface area contributed by atoms with Gasteiger partial charge in [0, 0.05) is 39.0 Å².